The molecule has 1 fully saturated rings. The summed E-state index contributed by atoms with van der Waals surface area (Å²) in [5.41, 5.74) is -0.178. The zero-order valence-electron chi connectivity index (χ0n) is 10.4. The highest BCUT2D eigenvalue weighted by Gasteiger charge is 2.25. The Morgan fingerprint density at radius 3 is 2.89 bits per heavy atom. The fourth-order valence-corrected chi connectivity index (χ4v) is 2.61. The highest BCUT2D eigenvalue weighted by Crippen LogP contribution is 2.33. The van der Waals surface area contributed by atoms with Crippen molar-refractivity contribution in [3.63, 3.8) is 0 Å². The first-order valence-electron chi connectivity index (χ1n) is 6.26. The largest absolute Gasteiger partial charge is 0.379 e. The predicted octanol–water partition coefficient (Wildman–Crippen LogP) is 3.58. The van der Waals surface area contributed by atoms with Gasteiger partial charge >= 0.3 is 5.69 Å². The van der Waals surface area contributed by atoms with Crippen molar-refractivity contribution in [1.29, 1.82) is 0 Å². The van der Waals surface area contributed by atoms with E-state index in [9.17, 15) is 14.5 Å². The molecule has 0 spiro atoms. The van der Waals surface area contributed by atoms with E-state index in [1.807, 2.05) is 0 Å². The lowest BCUT2D eigenvalue weighted by atomic mass is 9.98. The summed E-state index contributed by atoms with van der Waals surface area (Å²) < 4.78 is 13.4. The lowest BCUT2D eigenvalue weighted by Gasteiger charge is -2.16. The van der Waals surface area contributed by atoms with Gasteiger partial charge in [0.25, 0.3) is 0 Å². The van der Waals surface area contributed by atoms with Crippen LogP contribution < -0.4 is 5.32 Å². The number of benzene rings is 1. The van der Waals surface area contributed by atoms with Gasteiger partial charge < -0.3 is 5.32 Å². The van der Waals surface area contributed by atoms with Crippen molar-refractivity contribution in [1.82, 2.24) is 0 Å². The normalized spacial score (nSPS) is 23.0. The van der Waals surface area contributed by atoms with Crippen LogP contribution >= 0.6 is 0 Å². The van der Waals surface area contributed by atoms with Crippen LogP contribution in [0.5, 0.6) is 0 Å². The van der Waals surface area contributed by atoms with Crippen LogP contribution in [0.25, 0.3) is 0 Å². The van der Waals surface area contributed by atoms with Crippen LogP contribution in [0, 0.1) is 27.8 Å². The summed E-state index contributed by atoms with van der Waals surface area (Å²) in [6, 6.07) is 4.16. The molecule has 0 aromatic heterocycles. The number of nitro benzene ring substituents is 1. The number of rotatable bonds is 4. The first kappa shape index (κ1) is 12.8. The maximum atomic E-state index is 13.4. The number of nitrogens with zero attached hydrogens (tertiary/aromatic N) is 1. The maximum Gasteiger partial charge on any atom is 0.327 e. The number of anilines is 1. The zero-order chi connectivity index (χ0) is 13.1. The number of nitro groups is 1. The molecule has 2 unspecified atom stereocenters. The molecule has 98 valence electrons. The third-order valence-corrected chi connectivity index (χ3v) is 3.76. The van der Waals surface area contributed by atoms with Gasteiger partial charge in [-0.1, -0.05) is 25.8 Å². The van der Waals surface area contributed by atoms with Gasteiger partial charge in [0.1, 0.15) is 5.69 Å². The molecule has 1 aliphatic carbocycles. The smallest absolute Gasteiger partial charge is 0.327 e. The second-order valence-corrected chi connectivity index (χ2v) is 4.94. The van der Waals surface area contributed by atoms with Crippen molar-refractivity contribution in [2.75, 3.05) is 11.9 Å². The second kappa shape index (κ2) is 5.33. The predicted molar refractivity (Wildman–Crippen MR) is 68.0 cm³/mol. The number of halogens is 1. The van der Waals surface area contributed by atoms with E-state index in [1.165, 1.54) is 18.9 Å². The van der Waals surface area contributed by atoms with Gasteiger partial charge in [-0.3, -0.25) is 10.1 Å². The molecule has 4 nitrogen and oxygen atoms in total. The van der Waals surface area contributed by atoms with Gasteiger partial charge in [-0.25, -0.2) is 0 Å². The van der Waals surface area contributed by atoms with E-state index in [0.29, 0.717) is 18.4 Å². The zero-order valence-corrected chi connectivity index (χ0v) is 10.4. The van der Waals surface area contributed by atoms with Crippen molar-refractivity contribution in [3.8, 4) is 0 Å². The van der Waals surface area contributed by atoms with Crippen LogP contribution in [-0.4, -0.2) is 11.5 Å². The molecule has 2 rings (SSSR count). The van der Waals surface area contributed by atoms with E-state index < -0.39 is 16.4 Å². The summed E-state index contributed by atoms with van der Waals surface area (Å²) in [4.78, 5) is 10.2. The molecule has 1 aliphatic rings. The molecule has 1 N–H and O–H groups in total. The van der Waals surface area contributed by atoms with E-state index in [2.05, 4.69) is 12.2 Å². The Morgan fingerprint density at radius 1 is 1.50 bits per heavy atom. The number of hydrogen-bond donors (Lipinski definition) is 1. The van der Waals surface area contributed by atoms with E-state index in [-0.39, 0.29) is 5.69 Å². The number of hydrogen-bond acceptors (Lipinski definition) is 3. The molecule has 5 heteroatoms. The summed E-state index contributed by atoms with van der Waals surface area (Å²) in [6.07, 6.45) is 3.55. The Kier molecular flexibility index (Phi) is 3.79. The monoisotopic (exact) mass is 252 g/mol. The van der Waals surface area contributed by atoms with Crippen LogP contribution in [0.15, 0.2) is 18.2 Å². The van der Waals surface area contributed by atoms with Crippen LogP contribution in [-0.2, 0) is 0 Å². The minimum atomic E-state index is -0.788. The van der Waals surface area contributed by atoms with Crippen molar-refractivity contribution in [3.05, 3.63) is 34.1 Å². The fraction of sp³-hybridized carbons (Fsp3) is 0.538. The molecule has 1 aromatic carbocycles. The van der Waals surface area contributed by atoms with Gasteiger partial charge in [0.2, 0.25) is 5.82 Å². The summed E-state index contributed by atoms with van der Waals surface area (Å²) in [6.45, 7) is 2.87. The van der Waals surface area contributed by atoms with Crippen LogP contribution in [0.4, 0.5) is 15.8 Å². The first-order valence-corrected chi connectivity index (χ1v) is 6.26. The minimum absolute atomic E-state index is 0.277. The first-order chi connectivity index (χ1) is 8.59. The molecule has 0 amide bonds. The number of nitrogens with one attached hydrogen (secondary N) is 1. The average molecular weight is 252 g/mol. The molecular weight excluding hydrogens is 235 g/mol. The highest BCUT2D eigenvalue weighted by molar-refractivity contribution is 5.61. The summed E-state index contributed by atoms with van der Waals surface area (Å²) in [7, 11) is 0. The average Bonchev–Trinajstić information content (AvgIpc) is 2.71. The van der Waals surface area contributed by atoms with E-state index in [0.717, 1.165) is 12.5 Å². The molecule has 0 heterocycles. The minimum Gasteiger partial charge on any atom is -0.379 e. The molecule has 18 heavy (non-hydrogen) atoms. The Hall–Kier alpha value is -1.65. The summed E-state index contributed by atoms with van der Waals surface area (Å²) >= 11 is 0. The van der Waals surface area contributed by atoms with Gasteiger partial charge in [-0.2, -0.15) is 4.39 Å². The molecule has 0 bridgehead atoms. The van der Waals surface area contributed by atoms with Crippen LogP contribution in [0.1, 0.15) is 26.2 Å². The molecule has 0 saturated heterocycles. The van der Waals surface area contributed by atoms with Crippen LogP contribution in [0.2, 0.25) is 0 Å². The van der Waals surface area contributed by atoms with Crippen molar-refractivity contribution in [2.24, 2.45) is 11.8 Å². The maximum absolute atomic E-state index is 13.4. The lowest BCUT2D eigenvalue weighted by molar-refractivity contribution is -0.386. The van der Waals surface area contributed by atoms with Gasteiger partial charge in [0, 0.05) is 6.54 Å². The third kappa shape index (κ3) is 2.60. The summed E-state index contributed by atoms with van der Waals surface area (Å²) in [5, 5.41) is 13.9. The SMILES string of the molecule is CC1CCCC1CNc1cccc(F)c1[N+](=O)[O-]. The standard InChI is InChI=1S/C13H17FN2O2/c1-9-4-2-5-10(9)8-15-12-7-3-6-11(14)13(12)16(17)18/h3,6-7,9-10,15H,2,4-5,8H2,1H3. The molecule has 0 radical (unpaired) electrons. The highest BCUT2D eigenvalue weighted by atomic mass is 19.1. The topological polar surface area (TPSA) is 55.2 Å². The second-order valence-electron chi connectivity index (χ2n) is 4.94. The molecule has 1 saturated carbocycles. The van der Waals surface area contributed by atoms with E-state index in [4.69, 9.17) is 0 Å². The molecule has 1 aromatic rings. The van der Waals surface area contributed by atoms with Crippen molar-refractivity contribution in [2.45, 2.75) is 26.2 Å². The number of para-hydroxylation sites is 1. The van der Waals surface area contributed by atoms with Gasteiger partial charge in [0.05, 0.1) is 4.92 Å². The Balaban J connectivity index is 2.09. The van der Waals surface area contributed by atoms with E-state index in [1.54, 1.807) is 6.07 Å². The van der Waals surface area contributed by atoms with Gasteiger partial charge in [0.15, 0.2) is 0 Å². The third-order valence-electron chi connectivity index (χ3n) is 3.76. The van der Waals surface area contributed by atoms with Crippen molar-refractivity contribution < 1.29 is 9.31 Å². The fourth-order valence-electron chi connectivity index (χ4n) is 2.61. The molecular formula is C13H17FN2O2. The molecule has 0 aliphatic heterocycles. The van der Waals surface area contributed by atoms with Gasteiger partial charge in [-0.05, 0) is 30.4 Å². The Labute approximate surface area is 105 Å². The van der Waals surface area contributed by atoms with Crippen molar-refractivity contribution >= 4 is 11.4 Å². The molecule has 2 atom stereocenters. The Bertz CT molecular complexity index is 451. The lowest BCUT2D eigenvalue weighted by Crippen LogP contribution is -2.17. The van der Waals surface area contributed by atoms with Gasteiger partial charge in [-0.15, -0.1) is 0 Å². The van der Waals surface area contributed by atoms with Crippen LogP contribution in [0.3, 0.4) is 0 Å². The summed E-state index contributed by atoms with van der Waals surface area (Å²) in [5.74, 6) is 0.363. The Morgan fingerprint density at radius 2 is 2.28 bits per heavy atom. The van der Waals surface area contributed by atoms with E-state index >= 15 is 0 Å². The quantitative estimate of drug-likeness (QED) is 0.658.